The summed E-state index contributed by atoms with van der Waals surface area (Å²) in [6.07, 6.45) is 3.48. The Morgan fingerprint density at radius 3 is 2.65 bits per heavy atom. The number of fused-ring (bicyclic) bond motifs is 1. The average molecular weight is 225 g/mol. The van der Waals surface area contributed by atoms with Crippen molar-refractivity contribution >= 4 is 5.65 Å². The van der Waals surface area contributed by atoms with E-state index >= 15 is 0 Å². The Morgan fingerprint density at radius 2 is 1.88 bits per heavy atom. The van der Waals surface area contributed by atoms with Gasteiger partial charge in [0.1, 0.15) is 0 Å². The van der Waals surface area contributed by atoms with Gasteiger partial charge in [0, 0.05) is 30.2 Å². The molecule has 0 aromatic carbocycles. The minimum absolute atomic E-state index is 0.452. The zero-order valence-corrected chi connectivity index (χ0v) is 9.11. The lowest BCUT2D eigenvalue weighted by atomic mass is 10.2. The summed E-state index contributed by atoms with van der Waals surface area (Å²) in [6.45, 7) is 0.452. The highest BCUT2D eigenvalue weighted by Gasteiger charge is 2.09. The van der Waals surface area contributed by atoms with Crippen molar-refractivity contribution in [3.8, 4) is 11.4 Å². The van der Waals surface area contributed by atoms with Gasteiger partial charge in [-0.2, -0.15) is 0 Å². The van der Waals surface area contributed by atoms with Crippen molar-refractivity contribution in [3.63, 3.8) is 0 Å². The number of nitrogens with zero attached hydrogens (tertiary/aromatic N) is 4. The molecule has 5 heteroatoms. The van der Waals surface area contributed by atoms with Crippen LogP contribution in [0.5, 0.6) is 0 Å². The molecule has 2 N–H and O–H groups in total. The van der Waals surface area contributed by atoms with E-state index in [1.54, 1.807) is 12.4 Å². The Balaban J connectivity index is 2.31. The summed E-state index contributed by atoms with van der Waals surface area (Å²) in [4.78, 5) is 4.00. The average Bonchev–Trinajstić information content (AvgIpc) is 2.83. The molecule has 3 heterocycles. The van der Waals surface area contributed by atoms with Crippen molar-refractivity contribution in [2.75, 3.05) is 0 Å². The van der Waals surface area contributed by atoms with Gasteiger partial charge in [0.15, 0.2) is 11.5 Å². The molecule has 84 valence electrons. The predicted molar refractivity (Wildman–Crippen MR) is 64.1 cm³/mol. The van der Waals surface area contributed by atoms with Gasteiger partial charge in [-0.3, -0.25) is 9.38 Å². The predicted octanol–water partition coefficient (Wildman–Crippen LogP) is 1.25. The van der Waals surface area contributed by atoms with Crippen LogP contribution < -0.4 is 5.73 Å². The molecule has 0 unspecified atom stereocenters. The monoisotopic (exact) mass is 225 g/mol. The van der Waals surface area contributed by atoms with Crippen LogP contribution in [0, 0.1) is 0 Å². The van der Waals surface area contributed by atoms with Gasteiger partial charge in [-0.1, -0.05) is 6.07 Å². The fourth-order valence-corrected chi connectivity index (χ4v) is 1.85. The van der Waals surface area contributed by atoms with E-state index in [9.17, 15) is 0 Å². The molecule has 3 rings (SSSR count). The third kappa shape index (κ3) is 1.57. The molecule has 0 atom stereocenters. The third-order valence-electron chi connectivity index (χ3n) is 2.66. The molecule has 0 amide bonds. The summed E-state index contributed by atoms with van der Waals surface area (Å²) in [5.41, 5.74) is 8.50. The Bertz CT molecular complexity index is 644. The standard InChI is InChI=1S/C12H11N5/c13-8-10-2-1-3-11-15-16-12(17(10)11)9-4-6-14-7-5-9/h1-7H,8,13H2. The summed E-state index contributed by atoms with van der Waals surface area (Å²) < 4.78 is 1.97. The highest BCUT2D eigenvalue weighted by molar-refractivity contribution is 5.59. The first-order valence-corrected chi connectivity index (χ1v) is 5.33. The third-order valence-corrected chi connectivity index (χ3v) is 2.66. The number of nitrogens with two attached hydrogens (primary N) is 1. The number of rotatable bonds is 2. The van der Waals surface area contributed by atoms with Crippen LogP contribution in [0.4, 0.5) is 0 Å². The molecule has 0 saturated heterocycles. The van der Waals surface area contributed by atoms with E-state index in [-0.39, 0.29) is 0 Å². The molecular weight excluding hydrogens is 214 g/mol. The molecule has 17 heavy (non-hydrogen) atoms. The van der Waals surface area contributed by atoms with E-state index in [4.69, 9.17) is 5.73 Å². The highest BCUT2D eigenvalue weighted by atomic mass is 15.3. The van der Waals surface area contributed by atoms with Crippen molar-refractivity contribution in [1.29, 1.82) is 0 Å². The lowest BCUT2D eigenvalue weighted by molar-refractivity contribution is 0.946. The van der Waals surface area contributed by atoms with Crippen LogP contribution in [-0.2, 0) is 6.54 Å². The van der Waals surface area contributed by atoms with E-state index in [0.29, 0.717) is 6.54 Å². The summed E-state index contributed by atoms with van der Waals surface area (Å²) in [5.74, 6) is 0.795. The number of hydrogen-bond donors (Lipinski definition) is 1. The van der Waals surface area contributed by atoms with E-state index in [1.165, 1.54) is 0 Å². The normalized spacial score (nSPS) is 10.9. The van der Waals surface area contributed by atoms with Gasteiger partial charge in [-0.25, -0.2) is 0 Å². The topological polar surface area (TPSA) is 69.1 Å². The van der Waals surface area contributed by atoms with Crippen molar-refractivity contribution in [3.05, 3.63) is 48.4 Å². The largest absolute Gasteiger partial charge is 0.325 e. The number of pyridine rings is 2. The molecular formula is C12H11N5. The van der Waals surface area contributed by atoms with E-state index < -0.39 is 0 Å². The smallest absolute Gasteiger partial charge is 0.168 e. The fraction of sp³-hybridized carbons (Fsp3) is 0.0833. The Labute approximate surface area is 97.9 Å². The second kappa shape index (κ2) is 3.95. The maximum Gasteiger partial charge on any atom is 0.168 e. The van der Waals surface area contributed by atoms with Crippen molar-refractivity contribution in [1.82, 2.24) is 19.6 Å². The Hall–Kier alpha value is -2.27. The minimum Gasteiger partial charge on any atom is -0.325 e. The first kappa shape index (κ1) is 9.92. The van der Waals surface area contributed by atoms with Gasteiger partial charge in [-0.15, -0.1) is 10.2 Å². The van der Waals surface area contributed by atoms with E-state index in [1.807, 2.05) is 34.7 Å². The van der Waals surface area contributed by atoms with Crippen LogP contribution in [0.1, 0.15) is 5.69 Å². The molecule has 0 bridgehead atoms. The zero-order valence-electron chi connectivity index (χ0n) is 9.11. The quantitative estimate of drug-likeness (QED) is 0.712. The van der Waals surface area contributed by atoms with Crippen molar-refractivity contribution < 1.29 is 0 Å². The first-order valence-electron chi connectivity index (χ1n) is 5.33. The molecule has 0 fully saturated rings. The van der Waals surface area contributed by atoms with Gasteiger partial charge in [-0.05, 0) is 24.3 Å². The Kier molecular flexibility index (Phi) is 2.31. The van der Waals surface area contributed by atoms with Crippen LogP contribution in [0.25, 0.3) is 17.0 Å². The van der Waals surface area contributed by atoms with Crippen LogP contribution >= 0.6 is 0 Å². The van der Waals surface area contributed by atoms with Gasteiger partial charge in [0.25, 0.3) is 0 Å². The maximum atomic E-state index is 5.73. The summed E-state index contributed by atoms with van der Waals surface area (Å²) in [5, 5.41) is 8.34. The SMILES string of the molecule is NCc1cccc2nnc(-c3ccncc3)n12. The minimum atomic E-state index is 0.452. The van der Waals surface area contributed by atoms with Crippen LogP contribution in [-0.4, -0.2) is 19.6 Å². The van der Waals surface area contributed by atoms with Crippen LogP contribution in [0.15, 0.2) is 42.7 Å². The van der Waals surface area contributed by atoms with E-state index in [2.05, 4.69) is 15.2 Å². The zero-order chi connectivity index (χ0) is 11.7. The summed E-state index contributed by atoms with van der Waals surface area (Å²) in [7, 11) is 0. The van der Waals surface area contributed by atoms with Crippen LogP contribution in [0.3, 0.4) is 0 Å². The molecule has 3 aromatic heterocycles. The molecule has 0 saturated carbocycles. The van der Waals surface area contributed by atoms with Gasteiger partial charge < -0.3 is 5.73 Å². The van der Waals surface area contributed by atoms with Crippen LogP contribution in [0.2, 0.25) is 0 Å². The molecule has 0 radical (unpaired) electrons. The van der Waals surface area contributed by atoms with Gasteiger partial charge in [0.05, 0.1) is 0 Å². The summed E-state index contributed by atoms with van der Waals surface area (Å²) in [6, 6.07) is 9.63. The molecule has 0 aliphatic carbocycles. The number of aromatic nitrogens is 4. The maximum absolute atomic E-state index is 5.73. The lowest BCUT2D eigenvalue weighted by Crippen LogP contribution is -2.04. The molecule has 0 aliphatic rings. The fourth-order valence-electron chi connectivity index (χ4n) is 1.85. The van der Waals surface area contributed by atoms with Crippen molar-refractivity contribution in [2.45, 2.75) is 6.54 Å². The molecule has 3 aromatic rings. The second-order valence-electron chi connectivity index (χ2n) is 3.67. The second-order valence-corrected chi connectivity index (χ2v) is 3.67. The van der Waals surface area contributed by atoms with E-state index in [0.717, 1.165) is 22.7 Å². The molecule has 0 aliphatic heterocycles. The first-order chi connectivity index (χ1) is 8.40. The van der Waals surface area contributed by atoms with Gasteiger partial charge >= 0.3 is 0 Å². The highest BCUT2D eigenvalue weighted by Crippen LogP contribution is 2.18. The van der Waals surface area contributed by atoms with Gasteiger partial charge in [0.2, 0.25) is 0 Å². The summed E-state index contributed by atoms with van der Waals surface area (Å²) >= 11 is 0. The molecule has 5 nitrogen and oxygen atoms in total. The Morgan fingerprint density at radius 1 is 1.06 bits per heavy atom. The van der Waals surface area contributed by atoms with Crippen molar-refractivity contribution in [2.24, 2.45) is 5.73 Å². The number of hydrogen-bond acceptors (Lipinski definition) is 4. The lowest BCUT2D eigenvalue weighted by Gasteiger charge is -2.04. The molecule has 0 spiro atoms.